The minimum Gasteiger partial charge on any atom is -0.341 e. The van der Waals surface area contributed by atoms with Crippen LogP contribution < -0.4 is 15.5 Å². The van der Waals surface area contributed by atoms with Gasteiger partial charge < -0.3 is 10.2 Å². The van der Waals surface area contributed by atoms with E-state index in [1.54, 1.807) is 23.1 Å². The lowest BCUT2D eigenvalue weighted by atomic mass is 10.2. The maximum Gasteiger partial charge on any atom is 0.321 e. The van der Waals surface area contributed by atoms with E-state index in [1.165, 1.54) is 7.05 Å². The van der Waals surface area contributed by atoms with Gasteiger partial charge in [0, 0.05) is 13.6 Å². The van der Waals surface area contributed by atoms with Gasteiger partial charge in [0.1, 0.15) is 0 Å². The topological polar surface area (TPSA) is 68.2 Å². The van der Waals surface area contributed by atoms with Gasteiger partial charge in [0.2, 0.25) is 5.96 Å². The maximum atomic E-state index is 11.4. The van der Waals surface area contributed by atoms with Crippen LogP contribution in [-0.4, -0.2) is 25.6 Å². The van der Waals surface area contributed by atoms with Crippen molar-refractivity contribution in [3.8, 4) is 0 Å². The van der Waals surface area contributed by atoms with Gasteiger partial charge in [-0.05, 0) is 30.9 Å². The van der Waals surface area contributed by atoms with Crippen LogP contribution in [0.15, 0.2) is 18.2 Å². The molecule has 2 amide bonds. The van der Waals surface area contributed by atoms with Crippen LogP contribution in [-0.2, 0) is 0 Å². The number of anilines is 1. The second-order valence-electron chi connectivity index (χ2n) is 4.68. The summed E-state index contributed by atoms with van der Waals surface area (Å²) in [5.74, 6) is 0.473. The minimum atomic E-state index is -0.445. The molecular weight excluding hydrogens is 335 g/mol. The summed E-state index contributed by atoms with van der Waals surface area (Å²) in [6.07, 6.45) is 2.23. The summed E-state index contributed by atoms with van der Waals surface area (Å²) in [6.45, 7) is 0.617. The van der Waals surface area contributed by atoms with Gasteiger partial charge in [-0.15, -0.1) is 12.4 Å². The Hall–Kier alpha value is -1.17. The van der Waals surface area contributed by atoms with E-state index in [4.69, 9.17) is 28.6 Å². The first kappa shape index (κ1) is 17.9. The van der Waals surface area contributed by atoms with E-state index < -0.39 is 6.03 Å². The Morgan fingerprint density at radius 2 is 1.95 bits per heavy atom. The van der Waals surface area contributed by atoms with E-state index >= 15 is 0 Å². The maximum absolute atomic E-state index is 11.4. The molecule has 0 unspecified atom stereocenters. The highest BCUT2D eigenvalue weighted by Gasteiger charge is 2.29. The third kappa shape index (κ3) is 4.66. The van der Waals surface area contributed by atoms with Gasteiger partial charge in [-0.25, -0.2) is 4.79 Å². The predicted molar refractivity (Wildman–Crippen MR) is 89.1 cm³/mol. The number of hydrogen-bond acceptors (Lipinski definition) is 2. The molecule has 1 fully saturated rings. The van der Waals surface area contributed by atoms with Gasteiger partial charge in [-0.2, -0.15) is 0 Å². The first-order valence-corrected chi connectivity index (χ1v) is 7.07. The average molecular weight is 352 g/mol. The Balaban J connectivity index is 0.00000220. The second kappa shape index (κ2) is 7.73. The molecule has 0 spiro atoms. The lowest BCUT2D eigenvalue weighted by Crippen LogP contribution is -2.47. The van der Waals surface area contributed by atoms with Crippen molar-refractivity contribution in [3.05, 3.63) is 28.2 Å². The van der Waals surface area contributed by atoms with Crippen LogP contribution in [0.2, 0.25) is 10.0 Å². The summed E-state index contributed by atoms with van der Waals surface area (Å²) in [6, 6.07) is 4.74. The van der Waals surface area contributed by atoms with Crippen molar-refractivity contribution in [2.24, 2.45) is 5.92 Å². The van der Waals surface area contributed by atoms with E-state index in [0.717, 1.165) is 12.8 Å². The number of amides is 2. The summed E-state index contributed by atoms with van der Waals surface area (Å²) in [5, 5.41) is 13.9. The van der Waals surface area contributed by atoms with Crippen molar-refractivity contribution >= 4 is 53.3 Å². The highest BCUT2D eigenvalue weighted by Crippen LogP contribution is 2.37. The lowest BCUT2D eigenvalue weighted by Gasteiger charge is -2.27. The molecule has 5 nitrogen and oxygen atoms in total. The number of benzene rings is 1. The number of nitrogens with zero attached hydrogens (tertiary/aromatic N) is 1. The van der Waals surface area contributed by atoms with E-state index in [2.05, 4.69) is 10.6 Å². The van der Waals surface area contributed by atoms with Crippen LogP contribution >= 0.6 is 35.6 Å². The van der Waals surface area contributed by atoms with Gasteiger partial charge >= 0.3 is 6.03 Å². The summed E-state index contributed by atoms with van der Waals surface area (Å²) in [7, 11) is 1.50. The quantitative estimate of drug-likeness (QED) is 0.576. The van der Waals surface area contributed by atoms with E-state index in [-0.39, 0.29) is 18.4 Å². The molecule has 0 bridgehead atoms. The number of guanidine groups is 1. The minimum absolute atomic E-state index is 0. The van der Waals surface area contributed by atoms with Crippen LogP contribution in [0.4, 0.5) is 10.5 Å². The third-order valence-corrected chi connectivity index (χ3v) is 3.68. The molecule has 0 aliphatic heterocycles. The molecule has 21 heavy (non-hydrogen) atoms. The fourth-order valence-corrected chi connectivity index (χ4v) is 2.44. The van der Waals surface area contributed by atoms with E-state index in [0.29, 0.717) is 28.2 Å². The number of rotatable bonds is 3. The Morgan fingerprint density at radius 3 is 2.43 bits per heavy atom. The fraction of sp³-hybridized carbons (Fsp3) is 0.385. The third-order valence-electron chi connectivity index (χ3n) is 3.07. The molecule has 8 heteroatoms. The molecule has 116 valence electrons. The molecule has 3 N–H and O–H groups in total. The lowest BCUT2D eigenvalue weighted by molar-refractivity contribution is 0.247. The summed E-state index contributed by atoms with van der Waals surface area (Å²) < 4.78 is 0. The summed E-state index contributed by atoms with van der Waals surface area (Å²) >= 11 is 12.4. The number of nitrogens with one attached hydrogen (secondary N) is 3. The molecule has 0 heterocycles. The number of hydrogen-bond donors (Lipinski definition) is 3. The van der Waals surface area contributed by atoms with E-state index in [1.807, 2.05) is 0 Å². The van der Waals surface area contributed by atoms with Gasteiger partial charge in [-0.1, -0.05) is 29.3 Å². The Morgan fingerprint density at radius 1 is 1.38 bits per heavy atom. The van der Waals surface area contributed by atoms with Crippen molar-refractivity contribution < 1.29 is 4.79 Å². The number of halogens is 3. The average Bonchev–Trinajstić information content (AvgIpc) is 3.21. The molecule has 1 aliphatic rings. The highest BCUT2D eigenvalue weighted by atomic mass is 35.5. The second-order valence-corrected chi connectivity index (χ2v) is 5.49. The molecule has 0 atom stereocenters. The largest absolute Gasteiger partial charge is 0.341 e. The van der Waals surface area contributed by atoms with Crippen molar-refractivity contribution in [2.75, 3.05) is 18.5 Å². The molecule has 1 saturated carbocycles. The van der Waals surface area contributed by atoms with Crippen molar-refractivity contribution in [1.29, 1.82) is 5.41 Å². The number of para-hydroxylation sites is 1. The zero-order chi connectivity index (χ0) is 14.7. The van der Waals surface area contributed by atoms with Crippen LogP contribution in [0.5, 0.6) is 0 Å². The molecule has 1 aromatic rings. The molecule has 2 rings (SSSR count). The SMILES string of the molecule is CNC(=O)NC(=N)N(CC1CC1)c1c(Cl)cccc1Cl.Cl. The molecule has 0 saturated heterocycles. The monoisotopic (exact) mass is 350 g/mol. The van der Waals surface area contributed by atoms with E-state index in [9.17, 15) is 4.79 Å². The Kier molecular flexibility index (Phi) is 6.58. The zero-order valence-corrected chi connectivity index (χ0v) is 13.8. The molecule has 0 aromatic heterocycles. The van der Waals surface area contributed by atoms with Crippen molar-refractivity contribution in [2.45, 2.75) is 12.8 Å². The fourth-order valence-electron chi connectivity index (χ4n) is 1.84. The normalized spacial score (nSPS) is 13.1. The molecular formula is C13H17Cl3N4O. The van der Waals surface area contributed by atoms with Gasteiger partial charge in [-0.3, -0.25) is 10.7 Å². The van der Waals surface area contributed by atoms with Crippen molar-refractivity contribution in [3.63, 3.8) is 0 Å². The predicted octanol–water partition coefficient (Wildman–Crippen LogP) is 3.50. The van der Waals surface area contributed by atoms with Gasteiger partial charge in [0.05, 0.1) is 15.7 Å². The molecule has 0 radical (unpaired) electrons. The standard InChI is InChI=1S/C13H16Cl2N4O.ClH/c1-17-13(20)18-12(16)19(7-8-5-6-8)11-9(14)3-2-4-10(11)15;/h2-4,8H,5-7H2,1H3,(H3,16,17,18,20);1H. The summed E-state index contributed by atoms with van der Waals surface area (Å²) in [4.78, 5) is 13.0. The van der Waals surface area contributed by atoms with Crippen LogP contribution in [0, 0.1) is 11.3 Å². The number of carbonyl (C=O) groups is 1. The summed E-state index contributed by atoms with van der Waals surface area (Å²) in [5.41, 5.74) is 0.559. The molecule has 1 aromatic carbocycles. The van der Waals surface area contributed by atoms with Gasteiger partial charge in [0.25, 0.3) is 0 Å². The highest BCUT2D eigenvalue weighted by molar-refractivity contribution is 6.40. The number of urea groups is 1. The first-order valence-electron chi connectivity index (χ1n) is 6.31. The van der Waals surface area contributed by atoms with Crippen LogP contribution in [0.3, 0.4) is 0 Å². The van der Waals surface area contributed by atoms with Crippen LogP contribution in [0.1, 0.15) is 12.8 Å². The van der Waals surface area contributed by atoms with Crippen LogP contribution in [0.25, 0.3) is 0 Å². The smallest absolute Gasteiger partial charge is 0.321 e. The zero-order valence-electron chi connectivity index (χ0n) is 11.5. The molecule has 1 aliphatic carbocycles. The number of carbonyl (C=O) groups excluding carboxylic acids is 1. The van der Waals surface area contributed by atoms with Gasteiger partial charge in [0.15, 0.2) is 0 Å². The van der Waals surface area contributed by atoms with Crippen molar-refractivity contribution in [1.82, 2.24) is 10.6 Å². The first-order chi connectivity index (χ1) is 9.52. The Bertz CT molecular complexity index is 514. The Labute approximate surface area is 139 Å².